The van der Waals surface area contributed by atoms with Crippen molar-refractivity contribution in [2.75, 3.05) is 16.0 Å². The molecule has 1 amide bonds. The molecule has 3 aromatic rings. The molecule has 3 N–H and O–H groups in total. The van der Waals surface area contributed by atoms with Crippen molar-refractivity contribution in [2.45, 2.75) is 13.1 Å². The number of amides is 1. The first kappa shape index (κ1) is 21.5. The molecule has 0 aliphatic heterocycles. The molecule has 0 saturated carbocycles. The van der Waals surface area contributed by atoms with E-state index in [2.05, 4.69) is 25.9 Å². The highest BCUT2D eigenvalue weighted by Gasteiger charge is 2.30. The van der Waals surface area contributed by atoms with Gasteiger partial charge in [0.05, 0.1) is 10.5 Å². The van der Waals surface area contributed by atoms with E-state index >= 15 is 0 Å². The molecule has 0 aliphatic carbocycles. The molecule has 0 aliphatic rings. The monoisotopic (exact) mass is 432 g/mol. The Hall–Kier alpha value is -4.22. The first-order chi connectivity index (χ1) is 14.6. The second-order valence-corrected chi connectivity index (χ2v) is 6.26. The van der Waals surface area contributed by atoms with Gasteiger partial charge in [0, 0.05) is 24.0 Å². The van der Waals surface area contributed by atoms with Gasteiger partial charge in [-0.3, -0.25) is 14.9 Å². The van der Waals surface area contributed by atoms with Gasteiger partial charge in [0.15, 0.2) is 0 Å². The van der Waals surface area contributed by atoms with E-state index < -0.39 is 22.4 Å². The summed E-state index contributed by atoms with van der Waals surface area (Å²) in [6.45, 7) is 1.36. The van der Waals surface area contributed by atoms with Gasteiger partial charge in [-0.05, 0) is 48.5 Å². The normalized spacial score (nSPS) is 11.0. The third kappa shape index (κ3) is 5.44. The molecule has 12 heteroatoms. The summed E-state index contributed by atoms with van der Waals surface area (Å²) in [4.78, 5) is 29.7. The van der Waals surface area contributed by atoms with Gasteiger partial charge >= 0.3 is 11.9 Å². The van der Waals surface area contributed by atoms with Crippen molar-refractivity contribution in [3.05, 3.63) is 70.5 Å². The second kappa shape index (κ2) is 8.65. The fourth-order valence-electron chi connectivity index (χ4n) is 2.59. The van der Waals surface area contributed by atoms with Crippen molar-refractivity contribution >= 4 is 40.3 Å². The summed E-state index contributed by atoms with van der Waals surface area (Å²) in [7, 11) is 0. The lowest BCUT2D eigenvalue weighted by Crippen LogP contribution is -2.07. The molecule has 0 radical (unpaired) electrons. The van der Waals surface area contributed by atoms with Crippen molar-refractivity contribution in [1.29, 1.82) is 0 Å². The Bertz CT molecular complexity index is 1100. The van der Waals surface area contributed by atoms with Crippen molar-refractivity contribution in [3.63, 3.8) is 0 Å². The van der Waals surface area contributed by atoms with Crippen molar-refractivity contribution in [3.8, 4) is 0 Å². The Labute approximate surface area is 173 Å². The fourth-order valence-corrected chi connectivity index (χ4v) is 2.59. The van der Waals surface area contributed by atoms with Gasteiger partial charge in [0.2, 0.25) is 17.5 Å². The van der Waals surface area contributed by atoms with Crippen LogP contribution in [0.2, 0.25) is 0 Å². The number of carbonyl (C=O) groups excluding carboxylic acids is 1. The lowest BCUT2D eigenvalue weighted by molar-refractivity contribution is -0.383. The molecule has 1 heterocycles. The smallest absolute Gasteiger partial charge is 0.334 e. The number of carbonyl (C=O) groups is 1. The molecular formula is C19H15F3N6O3. The quantitative estimate of drug-likeness (QED) is 0.376. The van der Waals surface area contributed by atoms with Gasteiger partial charge in [-0.25, -0.2) is 9.97 Å². The van der Waals surface area contributed by atoms with E-state index in [1.165, 1.54) is 6.92 Å². The van der Waals surface area contributed by atoms with Gasteiger partial charge in [-0.1, -0.05) is 0 Å². The molecule has 9 nitrogen and oxygen atoms in total. The van der Waals surface area contributed by atoms with E-state index in [-0.39, 0.29) is 23.2 Å². The van der Waals surface area contributed by atoms with Crippen LogP contribution in [0.3, 0.4) is 0 Å². The van der Waals surface area contributed by atoms with Crippen LogP contribution < -0.4 is 16.0 Å². The van der Waals surface area contributed by atoms with Crippen molar-refractivity contribution < 1.29 is 22.9 Å². The molecule has 3 rings (SSSR count). The number of nitrogens with zero attached hydrogens (tertiary/aromatic N) is 3. The van der Waals surface area contributed by atoms with Crippen LogP contribution >= 0.6 is 0 Å². The lowest BCUT2D eigenvalue weighted by Gasteiger charge is -2.11. The van der Waals surface area contributed by atoms with Crippen LogP contribution in [0.4, 0.5) is 47.6 Å². The standard InChI is InChI=1S/C19H15F3N6O3/c1-11(29)25-13-6-8-15(9-7-13)27-18-16(28(30)31)17(23-10-24-18)26-14-4-2-12(3-5-14)19(20,21)22/h2-10H,1H3,(H,25,29)(H2,23,24,26,27). The van der Waals surface area contributed by atoms with Crippen LogP contribution in [0.15, 0.2) is 54.9 Å². The van der Waals surface area contributed by atoms with Crippen LogP contribution in [0.5, 0.6) is 0 Å². The molecule has 1 aromatic heterocycles. The van der Waals surface area contributed by atoms with Gasteiger partial charge < -0.3 is 16.0 Å². The fraction of sp³-hybridized carbons (Fsp3) is 0.105. The number of rotatable bonds is 6. The average Bonchev–Trinajstić information content (AvgIpc) is 2.69. The van der Waals surface area contributed by atoms with Crippen LogP contribution in [0.1, 0.15) is 12.5 Å². The molecule has 0 atom stereocenters. The number of hydrogen-bond acceptors (Lipinski definition) is 7. The maximum absolute atomic E-state index is 12.7. The van der Waals surface area contributed by atoms with Crippen LogP contribution in [0, 0.1) is 10.1 Å². The Morgan fingerprint density at radius 1 is 0.903 bits per heavy atom. The zero-order valence-electron chi connectivity index (χ0n) is 15.9. The van der Waals surface area contributed by atoms with E-state index in [4.69, 9.17) is 0 Å². The first-order valence-electron chi connectivity index (χ1n) is 8.72. The third-order valence-corrected chi connectivity index (χ3v) is 3.95. The van der Waals surface area contributed by atoms with Crippen LogP contribution in [0.25, 0.3) is 0 Å². The molecule has 31 heavy (non-hydrogen) atoms. The zero-order chi connectivity index (χ0) is 22.6. The minimum atomic E-state index is -4.49. The van der Waals surface area contributed by atoms with Crippen molar-refractivity contribution in [2.24, 2.45) is 0 Å². The predicted octanol–water partition coefficient (Wildman–Crippen LogP) is 4.85. The highest BCUT2D eigenvalue weighted by molar-refractivity contribution is 5.89. The first-order valence-corrected chi connectivity index (χ1v) is 8.72. The molecule has 0 fully saturated rings. The SMILES string of the molecule is CC(=O)Nc1ccc(Nc2ncnc(Nc3ccc(C(F)(F)F)cc3)c2[N+](=O)[O-])cc1. The van der Waals surface area contributed by atoms with E-state index in [0.29, 0.717) is 11.4 Å². The number of alkyl halides is 3. The second-order valence-electron chi connectivity index (χ2n) is 6.26. The molecule has 0 spiro atoms. The number of benzene rings is 2. The van der Waals surface area contributed by atoms with E-state index in [9.17, 15) is 28.1 Å². The number of halogens is 3. The number of aromatic nitrogens is 2. The highest BCUT2D eigenvalue weighted by atomic mass is 19.4. The molecule has 0 bridgehead atoms. The Morgan fingerprint density at radius 2 is 1.35 bits per heavy atom. The minimum Gasteiger partial charge on any atom is -0.334 e. The highest BCUT2D eigenvalue weighted by Crippen LogP contribution is 2.34. The summed E-state index contributed by atoms with van der Waals surface area (Å²) in [5.41, 5.74) is -0.162. The maximum Gasteiger partial charge on any atom is 0.416 e. The molecule has 160 valence electrons. The number of anilines is 5. The van der Waals surface area contributed by atoms with Crippen LogP contribution in [-0.2, 0) is 11.0 Å². The molecule has 0 unspecified atom stereocenters. The third-order valence-electron chi connectivity index (χ3n) is 3.95. The van der Waals surface area contributed by atoms with Crippen molar-refractivity contribution in [1.82, 2.24) is 9.97 Å². The van der Waals surface area contributed by atoms with E-state index in [1.54, 1.807) is 24.3 Å². The summed E-state index contributed by atoms with van der Waals surface area (Å²) in [5, 5.41) is 19.7. The minimum absolute atomic E-state index is 0.123. The van der Waals surface area contributed by atoms with E-state index in [0.717, 1.165) is 30.6 Å². The summed E-state index contributed by atoms with van der Waals surface area (Å²) < 4.78 is 38.1. The summed E-state index contributed by atoms with van der Waals surface area (Å²) in [5.74, 6) is -0.565. The summed E-state index contributed by atoms with van der Waals surface area (Å²) >= 11 is 0. The molecular weight excluding hydrogens is 417 g/mol. The van der Waals surface area contributed by atoms with Gasteiger partial charge in [-0.2, -0.15) is 13.2 Å². The zero-order valence-corrected chi connectivity index (χ0v) is 15.9. The number of hydrogen-bond donors (Lipinski definition) is 3. The molecule has 0 saturated heterocycles. The Kier molecular flexibility index (Phi) is 6.00. The van der Waals surface area contributed by atoms with Crippen LogP contribution in [-0.4, -0.2) is 20.8 Å². The summed E-state index contributed by atoms with van der Waals surface area (Å²) in [6.07, 6.45) is -3.42. The largest absolute Gasteiger partial charge is 0.416 e. The topological polar surface area (TPSA) is 122 Å². The Morgan fingerprint density at radius 3 is 1.77 bits per heavy atom. The van der Waals surface area contributed by atoms with Gasteiger partial charge in [-0.15, -0.1) is 0 Å². The predicted molar refractivity (Wildman–Crippen MR) is 107 cm³/mol. The number of nitro groups is 1. The van der Waals surface area contributed by atoms with Gasteiger partial charge in [0.1, 0.15) is 6.33 Å². The summed E-state index contributed by atoms with van der Waals surface area (Å²) in [6, 6.07) is 10.3. The maximum atomic E-state index is 12.7. The van der Waals surface area contributed by atoms with Gasteiger partial charge in [0.25, 0.3) is 0 Å². The number of nitrogens with one attached hydrogen (secondary N) is 3. The average molecular weight is 432 g/mol. The molecule has 2 aromatic carbocycles. The van der Waals surface area contributed by atoms with E-state index in [1.807, 2.05) is 0 Å². The Balaban J connectivity index is 1.86. The lowest BCUT2D eigenvalue weighted by atomic mass is 10.2.